The first-order valence-corrected chi connectivity index (χ1v) is 11.5. The van der Waals surface area contributed by atoms with E-state index in [9.17, 15) is 9.59 Å². The molecule has 0 radical (unpaired) electrons. The van der Waals surface area contributed by atoms with Crippen LogP contribution in [0.25, 0.3) is 21.8 Å². The summed E-state index contributed by atoms with van der Waals surface area (Å²) >= 11 is 0. The Balaban J connectivity index is 1.77. The van der Waals surface area contributed by atoms with Crippen molar-refractivity contribution >= 4 is 27.7 Å². The van der Waals surface area contributed by atoms with Gasteiger partial charge >= 0.3 is 0 Å². The summed E-state index contributed by atoms with van der Waals surface area (Å²) in [5, 5.41) is 1.82. The minimum Gasteiger partial charge on any atom is -0.339 e. The highest BCUT2D eigenvalue weighted by molar-refractivity contribution is 6.17. The van der Waals surface area contributed by atoms with Gasteiger partial charge in [-0.15, -0.1) is 0 Å². The Labute approximate surface area is 177 Å². The molecule has 1 saturated heterocycles. The predicted octanol–water partition coefficient (Wildman–Crippen LogP) is 4.87. The molecule has 5 nitrogen and oxygen atoms in total. The Morgan fingerprint density at radius 1 is 1.03 bits per heavy atom. The third-order valence-corrected chi connectivity index (χ3v) is 7.22. The minimum atomic E-state index is 0.0409. The van der Waals surface area contributed by atoms with Crippen LogP contribution in [0.5, 0.6) is 0 Å². The Hall–Kier alpha value is -2.56. The number of piperidine rings is 1. The zero-order chi connectivity index (χ0) is 20.8. The predicted molar refractivity (Wildman–Crippen MR) is 121 cm³/mol. The lowest BCUT2D eigenvalue weighted by Crippen LogP contribution is -2.40. The largest absolute Gasteiger partial charge is 0.339 e. The number of carbonyl (C=O) groups excluding carboxylic acids is 1. The number of carbonyl (C=O) groups is 1. The summed E-state index contributed by atoms with van der Waals surface area (Å²) in [6.45, 7) is 3.82. The summed E-state index contributed by atoms with van der Waals surface area (Å²) in [6.07, 6.45) is 9.69. The molecule has 30 heavy (non-hydrogen) atoms. The van der Waals surface area contributed by atoms with E-state index in [-0.39, 0.29) is 17.5 Å². The lowest BCUT2D eigenvalue weighted by atomic mass is 9.94. The third-order valence-electron chi connectivity index (χ3n) is 7.22. The van der Waals surface area contributed by atoms with Gasteiger partial charge in [0.25, 0.3) is 11.5 Å². The number of para-hydroxylation sites is 1. The molecule has 1 aromatic carbocycles. The molecule has 0 spiro atoms. The van der Waals surface area contributed by atoms with Crippen LogP contribution >= 0.6 is 0 Å². The van der Waals surface area contributed by atoms with Crippen molar-refractivity contribution in [2.24, 2.45) is 13.0 Å². The van der Waals surface area contributed by atoms with Crippen LogP contribution < -0.4 is 5.56 Å². The monoisotopic (exact) mass is 405 g/mol. The van der Waals surface area contributed by atoms with Crippen LogP contribution in [0.1, 0.15) is 68.3 Å². The lowest BCUT2D eigenvalue weighted by Gasteiger charge is -2.31. The molecule has 2 fully saturated rings. The molecule has 5 heteroatoms. The van der Waals surface area contributed by atoms with Crippen molar-refractivity contribution in [2.75, 3.05) is 13.1 Å². The number of aryl methyl sites for hydroxylation is 1. The fourth-order valence-corrected chi connectivity index (χ4v) is 5.64. The van der Waals surface area contributed by atoms with Gasteiger partial charge in [-0.05, 0) is 37.7 Å². The molecule has 1 atom stereocenters. The maximum atomic E-state index is 13.8. The van der Waals surface area contributed by atoms with Crippen molar-refractivity contribution < 1.29 is 4.79 Å². The summed E-state index contributed by atoms with van der Waals surface area (Å²) in [5.41, 5.74) is 2.41. The van der Waals surface area contributed by atoms with Gasteiger partial charge in [0, 0.05) is 48.7 Å². The highest BCUT2D eigenvalue weighted by atomic mass is 16.2. The Morgan fingerprint density at radius 3 is 2.57 bits per heavy atom. The summed E-state index contributed by atoms with van der Waals surface area (Å²) in [5.74, 6) is 0.599. The normalized spacial score (nSPS) is 20.9. The van der Waals surface area contributed by atoms with Gasteiger partial charge in [0.15, 0.2) is 0 Å². The first-order chi connectivity index (χ1) is 14.6. The highest BCUT2D eigenvalue weighted by Gasteiger charge is 2.28. The van der Waals surface area contributed by atoms with E-state index in [0.29, 0.717) is 17.0 Å². The molecule has 1 aliphatic heterocycles. The van der Waals surface area contributed by atoms with E-state index in [1.54, 1.807) is 0 Å². The van der Waals surface area contributed by atoms with Gasteiger partial charge in [-0.3, -0.25) is 9.59 Å². The molecular formula is C25H31N3O2. The van der Waals surface area contributed by atoms with E-state index in [4.69, 9.17) is 0 Å². The molecule has 3 aromatic rings. The second-order valence-electron chi connectivity index (χ2n) is 9.35. The quantitative estimate of drug-likeness (QED) is 0.611. The van der Waals surface area contributed by atoms with Crippen LogP contribution in [0.4, 0.5) is 0 Å². The van der Waals surface area contributed by atoms with Crippen LogP contribution in [0.3, 0.4) is 0 Å². The summed E-state index contributed by atoms with van der Waals surface area (Å²) in [7, 11) is 1.95. The van der Waals surface area contributed by atoms with Crippen molar-refractivity contribution in [1.29, 1.82) is 0 Å². The number of benzene rings is 1. The van der Waals surface area contributed by atoms with Crippen molar-refractivity contribution in [3.63, 3.8) is 0 Å². The Morgan fingerprint density at radius 2 is 1.80 bits per heavy atom. The van der Waals surface area contributed by atoms with Crippen LogP contribution in [-0.2, 0) is 7.05 Å². The number of nitrogens with zero attached hydrogens (tertiary/aromatic N) is 3. The molecule has 2 aliphatic rings. The topological polar surface area (TPSA) is 47.2 Å². The van der Waals surface area contributed by atoms with Gasteiger partial charge in [-0.2, -0.15) is 0 Å². The van der Waals surface area contributed by atoms with Gasteiger partial charge in [0.1, 0.15) is 5.52 Å². The molecular weight excluding hydrogens is 374 g/mol. The van der Waals surface area contributed by atoms with Crippen LogP contribution in [0, 0.1) is 5.92 Å². The second kappa shape index (κ2) is 7.60. The average molecular weight is 406 g/mol. The molecule has 3 heterocycles. The smallest absolute Gasteiger partial charge is 0.275 e. The molecule has 1 saturated carbocycles. The summed E-state index contributed by atoms with van der Waals surface area (Å²) in [6, 6.07) is 8.26. The maximum Gasteiger partial charge on any atom is 0.275 e. The zero-order valence-electron chi connectivity index (χ0n) is 18.1. The van der Waals surface area contributed by atoms with Crippen molar-refractivity contribution in [2.45, 2.75) is 57.9 Å². The van der Waals surface area contributed by atoms with Crippen LogP contribution in [0.15, 0.2) is 35.3 Å². The zero-order valence-corrected chi connectivity index (χ0v) is 18.1. The van der Waals surface area contributed by atoms with Gasteiger partial charge < -0.3 is 14.0 Å². The SMILES string of the molecule is C[C@@H]1CCCN(C(=O)c2cn(C3CCCCC3)c(=O)c3c2c2ccccc2n3C)C1. The van der Waals surface area contributed by atoms with Crippen molar-refractivity contribution in [3.05, 3.63) is 46.4 Å². The van der Waals surface area contributed by atoms with E-state index < -0.39 is 0 Å². The van der Waals surface area contributed by atoms with Crippen LogP contribution in [-0.4, -0.2) is 33.0 Å². The molecule has 0 bridgehead atoms. The fraction of sp³-hybridized carbons (Fsp3) is 0.520. The van der Waals surface area contributed by atoms with Gasteiger partial charge in [0.2, 0.25) is 0 Å². The standard InChI is InChI=1S/C25H31N3O2/c1-17-9-8-14-27(15-17)24(29)20-16-28(18-10-4-3-5-11-18)25(30)23-22(20)19-12-6-7-13-21(19)26(23)2/h6-7,12-13,16-18H,3-5,8-11,14-15H2,1-2H3/t17-/m1/s1. The number of aromatic nitrogens is 2. The lowest BCUT2D eigenvalue weighted by molar-refractivity contribution is 0.0684. The van der Waals surface area contributed by atoms with E-state index in [1.165, 1.54) is 12.8 Å². The van der Waals surface area contributed by atoms with Crippen LogP contribution in [0.2, 0.25) is 0 Å². The number of likely N-dealkylation sites (tertiary alicyclic amines) is 1. The fourth-order valence-electron chi connectivity index (χ4n) is 5.64. The number of amides is 1. The number of fused-ring (bicyclic) bond motifs is 3. The molecule has 158 valence electrons. The Kier molecular flexibility index (Phi) is 4.92. The molecule has 0 unspecified atom stereocenters. The third kappa shape index (κ3) is 3.06. The van der Waals surface area contributed by atoms with E-state index in [0.717, 1.165) is 61.5 Å². The molecule has 1 amide bonds. The maximum absolute atomic E-state index is 13.8. The van der Waals surface area contributed by atoms with Crippen molar-refractivity contribution in [3.8, 4) is 0 Å². The van der Waals surface area contributed by atoms with E-state index in [2.05, 4.69) is 6.92 Å². The number of pyridine rings is 1. The molecule has 0 N–H and O–H groups in total. The number of hydrogen-bond donors (Lipinski definition) is 0. The second-order valence-corrected chi connectivity index (χ2v) is 9.35. The van der Waals surface area contributed by atoms with Gasteiger partial charge in [-0.25, -0.2) is 0 Å². The first-order valence-electron chi connectivity index (χ1n) is 11.5. The molecule has 2 aromatic heterocycles. The summed E-state index contributed by atoms with van der Waals surface area (Å²) in [4.78, 5) is 29.4. The van der Waals surface area contributed by atoms with Crippen molar-refractivity contribution in [1.82, 2.24) is 14.0 Å². The van der Waals surface area contributed by atoms with E-state index in [1.807, 2.05) is 51.5 Å². The summed E-state index contributed by atoms with van der Waals surface area (Å²) < 4.78 is 3.88. The van der Waals surface area contributed by atoms with E-state index >= 15 is 0 Å². The number of hydrogen-bond acceptors (Lipinski definition) is 2. The minimum absolute atomic E-state index is 0.0409. The Bertz CT molecular complexity index is 1170. The van der Waals surface area contributed by atoms with Gasteiger partial charge in [-0.1, -0.05) is 44.4 Å². The average Bonchev–Trinajstić information content (AvgIpc) is 3.08. The van der Waals surface area contributed by atoms with Gasteiger partial charge in [0.05, 0.1) is 5.56 Å². The highest BCUT2D eigenvalue weighted by Crippen LogP contribution is 2.33. The molecule has 5 rings (SSSR count). The molecule has 1 aliphatic carbocycles. The number of rotatable bonds is 2. The first kappa shape index (κ1) is 19.4.